The van der Waals surface area contributed by atoms with Gasteiger partial charge in [-0.15, -0.1) is 0 Å². The Morgan fingerprint density at radius 1 is 0.833 bits per heavy atom. The summed E-state index contributed by atoms with van der Waals surface area (Å²) >= 11 is 0. The topological polar surface area (TPSA) is 83.9 Å². The first kappa shape index (κ1) is 25.0. The quantitative estimate of drug-likeness (QED) is 0.305. The number of hydrogen-bond donors (Lipinski definition) is 1. The fourth-order valence-corrected chi connectivity index (χ4v) is 5.60. The molecule has 0 saturated heterocycles. The first-order chi connectivity index (χ1) is 17.3. The molecule has 0 spiro atoms. The van der Waals surface area contributed by atoms with Crippen molar-refractivity contribution < 1.29 is 23.1 Å². The van der Waals surface area contributed by atoms with E-state index in [1.807, 2.05) is 60.7 Å². The van der Waals surface area contributed by atoms with Gasteiger partial charge in [0, 0.05) is 0 Å². The number of carbonyl (C=O) groups is 1. The maximum absolute atomic E-state index is 13.9. The average Bonchev–Trinajstić information content (AvgIpc) is 2.87. The lowest BCUT2D eigenvalue weighted by atomic mass is 10.0. The van der Waals surface area contributed by atoms with Gasteiger partial charge in [-0.1, -0.05) is 66.7 Å². The molecule has 0 aliphatic rings. The van der Waals surface area contributed by atoms with Crippen LogP contribution in [-0.4, -0.2) is 19.5 Å². The molecule has 0 saturated carbocycles. The van der Waals surface area contributed by atoms with Gasteiger partial charge >= 0.3 is 5.97 Å². The second-order valence-electron chi connectivity index (χ2n) is 8.53. The Morgan fingerprint density at radius 3 is 2.00 bits per heavy atom. The van der Waals surface area contributed by atoms with Crippen LogP contribution >= 0.6 is 0 Å². The highest BCUT2D eigenvalue weighted by molar-refractivity contribution is 7.92. The molecular formula is C29H27NO5S. The van der Waals surface area contributed by atoms with Crippen LogP contribution in [0.1, 0.15) is 32.6 Å². The molecule has 0 atom stereocenters. The van der Waals surface area contributed by atoms with Crippen LogP contribution in [0.2, 0.25) is 0 Å². The summed E-state index contributed by atoms with van der Waals surface area (Å²) in [6.07, 6.45) is 0. The minimum atomic E-state index is -4.11. The predicted molar refractivity (Wildman–Crippen MR) is 140 cm³/mol. The number of carboxylic acid groups (broad SMARTS) is 1. The number of benzene rings is 4. The Kier molecular flexibility index (Phi) is 7.41. The van der Waals surface area contributed by atoms with E-state index >= 15 is 0 Å². The molecule has 4 aromatic rings. The smallest absolute Gasteiger partial charge is 0.337 e. The van der Waals surface area contributed by atoms with E-state index in [1.54, 1.807) is 32.0 Å². The minimum absolute atomic E-state index is 0.0143. The number of aryl methyl sites for hydroxylation is 2. The highest BCUT2D eigenvalue weighted by atomic mass is 32.2. The molecule has 0 fully saturated rings. The third kappa shape index (κ3) is 5.58. The molecule has 0 radical (unpaired) electrons. The highest BCUT2D eigenvalue weighted by Gasteiger charge is 2.30. The number of anilines is 1. The lowest BCUT2D eigenvalue weighted by Gasteiger charge is -2.28. The van der Waals surface area contributed by atoms with Crippen LogP contribution in [-0.2, 0) is 23.2 Å². The van der Waals surface area contributed by atoms with E-state index in [4.69, 9.17) is 4.74 Å². The number of hydrogen-bond acceptors (Lipinski definition) is 4. The summed E-state index contributed by atoms with van der Waals surface area (Å²) < 4.78 is 34.8. The zero-order valence-electron chi connectivity index (χ0n) is 20.1. The Hall–Kier alpha value is -4.10. The molecule has 0 amide bonds. The van der Waals surface area contributed by atoms with Crippen LogP contribution in [0, 0.1) is 13.8 Å². The fourth-order valence-electron chi connectivity index (χ4n) is 4.06. The predicted octanol–water partition coefficient (Wildman–Crippen LogP) is 5.98. The van der Waals surface area contributed by atoms with E-state index in [2.05, 4.69) is 0 Å². The van der Waals surface area contributed by atoms with Gasteiger partial charge in [-0.3, -0.25) is 4.31 Å². The normalized spacial score (nSPS) is 11.2. The lowest BCUT2D eigenvalue weighted by molar-refractivity contribution is 0.0697. The molecular weight excluding hydrogens is 474 g/mol. The van der Waals surface area contributed by atoms with E-state index < -0.39 is 16.0 Å². The first-order valence-electron chi connectivity index (χ1n) is 11.4. The van der Waals surface area contributed by atoms with Crippen molar-refractivity contribution in [1.82, 2.24) is 0 Å². The molecule has 184 valence electrons. The lowest BCUT2D eigenvalue weighted by Crippen LogP contribution is -2.32. The van der Waals surface area contributed by atoms with E-state index in [0.29, 0.717) is 17.9 Å². The fraction of sp³-hybridized carbons (Fsp3) is 0.138. The molecule has 6 nitrogen and oxygen atoms in total. The second kappa shape index (κ2) is 10.7. The van der Waals surface area contributed by atoms with Crippen molar-refractivity contribution >= 4 is 21.7 Å². The van der Waals surface area contributed by atoms with Gasteiger partial charge in [0.25, 0.3) is 10.0 Å². The Morgan fingerprint density at radius 2 is 1.42 bits per heavy atom. The zero-order chi connectivity index (χ0) is 25.7. The molecule has 0 heterocycles. The van der Waals surface area contributed by atoms with Crippen molar-refractivity contribution in [3.63, 3.8) is 0 Å². The summed E-state index contributed by atoms with van der Waals surface area (Å²) in [5.41, 5.74) is 3.14. The van der Waals surface area contributed by atoms with Gasteiger partial charge in [-0.05, 0) is 66.4 Å². The molecule has 0 bridgehead atoms. The van der Waals surface area contributed by atoms with Crippen LogP contribution < -0.4 is 9.04 Å². The molecule has 4 aromatic carbocycles. The average molecular weight is 502 g/mol. The molecule has 0 aliphatic carbocycles. The van der Waals surface area contributed by atoms with E-state index in [1.165, 1.54) is 22.5 Å². The van der Waals surface area contributed by atoms with E-state index in [9.17, 15) is 18.3 Å². The van der Waals surface area contributed by atoms with Gasteiger partial charge in [0.15, 0.2) is 0 Å². The molecule has 4 rings (SSSR count). The van der Waals surface area contributed by atoms with Gasteiger partial charge in [0.1, 0.15) is 12.4 Å². The summed E-state index contributed by atoms with van der Waals surface area (Å²) in [6.45, 7) is 3.85. The SMILES string of the molecule is Cc1cc(C)c(N(Cc2ccccc2)S(=O)(=O)c2ccc(OCc3ccccc3)cc2)c(C(=O)O)c1. The van der Waals surface area contributed by atoms with Crippen molar-refractivity contribution in [2.75, 3.05) is 4.31 Å². The van der Waals surface area contributed by atoms with Crippen LogP contribution in [0.15, 0.2) is 102 Å². The summed E-state index contributed by atoms with van der Waals surface area (Å²) in [5, 5.41) is 9.92. The van der Waals surface area contributed by atoms with Gasteiger partial charge in [-0.25, -0.2) is 13.2 Å². The number of sulfonamides is 1. The van der Waals surface area contributed by atoms with Gasteiger partial charge in [-0.2, -0.15) is 0 Å². The van der Waals surface area contributed by atoms with Gasteiger partial charge < -0.3 is 9.84 Å². The van der Waals surface area contributed by atoms with Crippen molar-refractivity contribution in [3.8, 4) is 5.75 Å². The van der Waals surface area contributed by atoms with E-state index in [0.717, 1.165) is 16.7 Å². The van der Waals surface area contributed by atoms with Crippen LogP contribution in [0.5, 0.6) is 5.75 Å². The van der Waals surface area contributed by atoms with Crippen molar-refractivity contribution in [2.24, 2.45) is 0 Å². The minimum Gasteiger partial charge on any atom is -0.489 e. The molecule has 0 aromatic heterocycles. The first-order valence-corrected chi connectivity index (χ1v) is 12.9. The molecule has 36 heavy (non-hydrogen) atoms. The van der Waals surface area contributed by atoms with Gasteiger partial charge in [0.05, 0.1) is 22.7 Å². The molecule has 7 heteroatoms. The highest BCUT2D eigenvalue weighted by Crippen LogP contribution is 2.34. The van der Waals surface area contributed by atoms with Crippen molar-refractivity contribution in [1.29, 1.82) is 0 Å². The van der Waals surface area contributed by atoms with E-state index in [-0.39, 0.29) is 22.7 Å². The second-order valence-corrected chi connectivity index (χ2v) is 10.4. The zero-order valence-corrected chi connectivity index (χ0v) is 20.9. The Labute approximate surface area is 211 Å². The molecule has 1 N–H and O–H groups in total. The summed E-state index contributed by atoms with van der Waals surface area (Å²) in [5.74, 6) is -0.653. The molecule has 0 unspecified atom stereocenters. The Bertz CT molecular complexity index is 1450. The monoisotopic (exact) mass is 501 g/mol. The van der Waals surface area contributed by atoms with Crippen molar-refractivity contribution in [2.45, 2.75) is 31.9 Å². The maximum atomic E-state index is 13.9. The maximum Gasteiger partial charge on any atom is 0.337 e. The summed E-state index contributed by atoms with van der Waals surface area (Å²) in [4.78, 5) is 12.2. The standard InChI is InChI=1S/C29H27NO5S/c1-21-17-22(2)28(27(18-21)29(31)32)30(19-23-9-5-3-6-10-23)36(33,34)26-15-13-25(14-16-26)35-20-24-11-7-4-8-12-24/h3-18H,19-20H2,1-2H3,(H,31,32). The third-order valence-electron chi connectivity index (χ3n) is 5.75. The van der Waals surface area contributed by atoms with Crippen LogP contribution in [0.4, 0.5) is 5.69 Å². The largest absolute Gasteiger partial charge is 0.489 e. The van der Waals surface area contributed by atoms with Gasteiger partial charge in [0.2, 0.25) is 0 Å². The number of carboxylic acids is 1. The number of aromatic carboxylic acids is 1. The number of nitrogens with zero attached hydrogens (tertiary/aromatic N) is 1. The molecule has 0 aliphatic heterocycles. The third-order valence-corrected chi connectivity index (χ3v) is 7.51. The summed E-state index contributed by atoms with van der Waals surface area (Å²) in [6, 6.07) is 28.2. The van der Waals surface area contributed by atoms with Crippen molar-refractivity contribution in [3.05, 3.63) is 125 Å². The number of rotatable bonds is 9. The van der Waals surface area contributed by atoms with Crippen LogP contribution in [0.3, 0.4) is 0 Å². The summed E-state index contributed by atoms with van der Waals surface area (Å²) in [7, 11) is -4.11. The van der Waals surface area contributed by atoms with Crippen LogP contribution in [0.25, 0.3) is 0 Å². The Balaban J connectivity index is 1.72. The number of ether oxygens (including phenoxy) is 1.